The Morgan fingerprint density at radius 3 is 2.48 bits per heavy atom. The van der Waals surface area contributed by atoms with Crippen molar-refractivity contribution >= 4 is 5.91 Å². The van der Waals surface area contributed by atoms with Crippen molar-refractivity contribution in [3.05, 3.63) is 35.9 Å². The Labute approximate surface area is 140 Å². The highest BCUT2D eigenvalue weighted by Crippen LogP contribution is 2.21. The third-order valence-electron chi connectivity index (χ3n) is 4.46. The molecular formula is C19H30N2O2. The smallest absolute Gasteiger partial charge is 0.226 e. The summed E-state index contributed by atoms with van der Waals surface area (Å²) in [5.74, 6) is 0.979. The molecule has 0 aromatic heterocycles. The van der Waals surface area contributed by atoms with Crippen molar-refractivity contribution in [2.45, 2.75) is 33.2 Å². The van der Waals surface area contributed by atoms with E-state index in [1.807, 2.05) is 35.2 Å². The van der Waals surface area contributed by atoms with Gasteiger partial charge in [-0.1, -0.05) is 44.2 Å². The maximum Gasteiger partial charge on any atom is 0.226 e. The molecule has 0 bridgehead atoms. The zero-order chi connectivity index (χ0) is 16.7. The molecule has 4 nitrogen and oxygen atoms in total. The lowest BCUT2D eigenvalue weighted by Gasteiger charge is -2.35. The lowest BCUT2D eigenvalue weighted by molar-refractivity contribution is -0.138. The molecule has 1 aromatic carbocycles. The number of benzene rings is 1. The molecule has 1 fully saturated rings. The van der Waals surface area contributed by atoms with Crippen LogP contribution < -0.4 is 0 Å². The molecule has 0 unspecified atom stereocenters. The molecule has 1 aromatic rings. The highest BCUT2D eigenvalue weighted by Gasteiger charge is 2.28. The van der Waals surface area contributed by atoms with Crippen LogP contribution in [0, 0.1) is 11.8 Å². The molecule has 1 aliphatic rings. The predicted molar refractivity (Wildman–Crippen MR) is 92.9 cm³/mol. The average Bonchev–Trinajstić information content (AvgIpc) is 2.55. The summed E-state index contributed by atoms with van der Waals surface area (Å²) < 4.78 is 0. The minimum atomic E-state index is 0.0186. The summed E-state index contributed by atoms with van der Waals surface area (Å²) in [4.78, 5) is 17.1. The first kappa shape index (κ1) is 18.0. The fourth-order valence-electron chi connectivity index (χ4n) is 3.33. The van der Waals surface area contributed by atoms with E-state index in [0.29, 0.717) is 19.0 Å². The molecule has 1 amide bonds. The predicted octanol–water partition coefficient (Wildman–Crippen LogP) is 2.38. The Hall–Kier alpha value is -1.39. The Bertz CT molecular complexity index is 468. The van der Waals surface area contributed by atoms with Crippen molar-refractivity contribution in [2.75, 3.05) is 32.8 Å². The maximum absolute atomic E-state index is 12.8. The van der Waals surface area contributed by atoms with Crippen molar-refractivity contribution in [1.29, 1.82) is 0 Å². The summed E-state index contributed by atoms with van der Waals surface area (Å²) in [7, 11) is 0. The SMILES string of the molecule is CC(C)CN1CCC(C(=O)N(CCO)Cc2ccccc2)CC1. The first-order valence-corrected chi connectivity index (χ1v) is 8.76. The molecule has 1 saturated heterocycles. The summed E-state index contributed by atoms with van der Waals surface area (Å²) >= 11 is 0. The molecular weight excluding hydrogens is 288 g/mol. The van der Waals surface area contributed by atoms with E-state index in [0.717, 1.165) is 38.0 Å². The third kappa shape index (κ3) is 5.63. The molecule has 23 heavy (non-hydrogen) atoms. The van der Waals surface area contributed by atoms with Crippen LogP contribution >= 0.6 is 0 Å². The number of hydrogen-bond donors (Lipinski definition) is 1. The number of hydrogen-bond acceptors (Lipinski definition) is 3. The first-order chi connectivity index (χ1) is 11.1. The molecule has 0 atom stereocenters. The van der Waals surface area contributed by atoms with Gasteiger partial charge >= 0.3 is 0 Å². The first-order valence-electron chi connectivity index (χ1n) is 8.76. The quantitative estimate of drug-likeness (QED) is 0.839. The van der Waals surface area contributed by atoms with Gasteiger partial charge in [-0.05, 0) is 37.4 Å². The summed E-state index contributed by atoms with van der Waals surface area (Å²) in [6.07, 6.45) is 1.87. The van der Waals surface area contributed by atoms with Gasteiger partial charge in [-0.25, -0.2) is 0 Å². The summed E-state index contributed by atoms with van der Waals surface area (Å²) in [6, 6.07) is 10.0. The van der Waals surface area contributed by atoms with Crippen molar-refractivity contribution in [2.24, 2.45) is 11.8 Å². The maximum atomic E-state index is 12.8. The van der Waals surface area contributed by atoms with Gasteiger partial charge in [0.05, 0.1) is 6.61 Å². The molecule has 1 aliphatic heterocycles. The standard InChI is InChI=1S/C19H30N2O2/c1-16(2)14-20-10-8-18(9-11-20)19(23)21(12-13-22)15-17-6-4-3-5-7-17/h3-7,16,18,22H,8-15H2,1-2H3. The Kier molecular flexibility index (Phi) is 7.06. The monoisotopic (exact) mass is 318 g/mol. The molecule has 0 aliphatic carbocycles. The van der Waals surface area contributed by atoms with Gasteiger partial charge in [0.2, 0.25) is 5.91 Å². The van der Waals surface area contributed by atoms with Crippen LogP contribution in [-0.4, -0.2) is 53.6 Å². The number of carbonyl (C=O) groups excluding carboxylic acids is 1. The van der Waals surface area contributed by atoms with Crippen LogP contribution in [0.25, 0.3) is 0 Å². The second-order valence-corrected chi connectivity index (χ2v) is 6.94. The molecule has 0 spiro atoms. The largest absolute Gasteiger partial charge is 0.395 e. The van der Waals surface area contributed by atoms with Crippen LogP contribution in [0.1, 0.15) is 32.3 Å². The van der Waals surface area contributed by atoms with Crippen LogP contribution in [0.3, 0.4) is 0 Å². The lowest BCUT2D eigenvalue weighted by Crippen LogP contribution is -2.44. The zero-order valence-corrected chi connectivity index (χ0v) is 14.4. The number of carbonyl (C=O) groups is 1. The normalized spacial score (nSPS) is 16.7. The van der Waals surface area contributed by atoms with E-state index in [9.17, 15) is 9.90 Å². The van der Waals surface area contributed by atoms with Crippen LogP contribution in [0.15, 0.2) is 30.3 Å². The van der Waals surface area contributed by atoms with E-state index in [1.165, 1.54) is 0 Å². The van der Waals surface area contributed by atoms with Gasteiger partial charge in [-0.2, -0.15) is 0 Å². The number of piperidine rings is 1. The van der Waals surface area contributed by atoms with E-state index >= 15 is 0 Å². The van der Waals surface area contributed by atoms with Crippen LogP contribution in [0.5, 0.6) is 0 Å². The molecule has 0 radical (unpaired) electrons. The number of amides is 1. The van der Waals surface area contributed by atoms with E-state index in [-0.39, 0.29) is 18.4 Å². The highest BCUT2D eigenvalue weighted by molar-refractivity contribution is 5.79. The average molecular weight is 318 g/mol. The Balaban J connectivity index is 1.91. The van der Waals surface area contributed by atoms with Gasteiger partial charge in [0.25, 0.3) is 0 Å². The second-order valence-electron chi connectivity index (χ2n) is 6.94. The number of likely N-dealkylation sites (tertiary alicyclic amines) is 1. The molecule has 128 valence electrons. The molecule has 2 rings (SSSR count). The number of aliphatic hydroxyl groups excluding tert-OH is 1. The minimum Gasteiger partial charge on any atom is -0.395 e. The van der Waals surface area contributed by atoms with Crippen molar-refractivity contribution in [1.82, 2.24) is 9.80 Å². The molecule has 1 N–H and O–H groups in total. The fraction of sp³-hybridized carbons (Fsp3) is 0.632. The van der Waals surface area contributed by atoms with E-state index < -0.39 is 0 Å². The summed E-state index contributed by atoms with van der Waals surface area (Å²) in [5, 5.41) is 9.30. The van der Waals surface area contributed by atoms with Crippen LogP contribution in [0.2, 0.25) is 0 Å². The van der Waals surface area contributed by atoms with Gasteiger partial charge in [0.1, 0.15) is 0 Å². The molecule has 0 saturated carbocycles. The molecule has 4 heteroatoms. The van der Waals surface area contributed by atoms with E-state index in [1.54, 1.807) is 0 Å². The number of rotatable bonds is 7. The fourth-order valence-corrected chi connectivity index (χ4v) is 3.33. The second kappa shape index (κ2) is 9.04. The van der Waals surface area contributed by atoms with Gasteiger partial charge < -0.3 is 14.9 Å². The van der Waals surface area contributed by atoms with Crippen LogP contribution in [-0.2, 0) is 11.3 Å². The summed E-state index contributed by atoms with van der Waals surface area (Å²) in [6.45, 7) is 8.63. The summed E-state index contributed by atoms with van der Waals surface area (Å²) in [5.41, 5.74) is 1.12. The van der Waals surface area contributed by atoms with Gasteiger partial charge in [-0.3, -0.25) is 4.79 Å². The Morgan fingerprint density at radius 2 is 1.91 bits per heavy atom. The Morgan fingerprint density at radius 1 is 1.26 bits per heavy atom. The van der Waals surface area contributed by atoms with Gasteiger partial charge in [0.15, 0.2) is 0 Å². The topological polar surface area (TPSA) is 43.8 Å². The number of nitrogens with zero attached hydrogens (tertiary/aromatic N) is 2. The van der Waals surface area contributed by atoms with Crippen molar-refractivity contribution in [3.8, 4) is 0 Å². The zero-order valence-electron chi connectivity index (χ0n) is 14.4. The van der Waals surface area contributed by atoms with Gasteiger partial charge in [0, 0.05) is 25.6 Å². The minimum absolute atomic E-state index is 0.0186. The van der Waals surface area contributed by atoms with Crippen molar-refractivity contribution < 1.29 is 9.90 Å². The molecule has 1 heterocycles. The van der Waals surface area contributed by atoms with E-state index in [2.05, 4.69) is 18.7 Å². The van der Waals surface area contributed by atoms with Gasteiger partial charge in [-0.15, -0.1) is 0 Å². The van der Waals surface area contributed by atoms with E-state index in [4.69, 9.17) is 0 Å². The van der Waals surface area contributed by atoms with Crippen molar-refractivity contribution in [3.63, 3.8) is 0 Å². The third-order valence-corrected chi connectivity index (χ3v) is 4.46. The highest BCUT2D eigenvalue weighted by atomic mass is 16.3. The number of aliphatic hydroxyl groups is 1. The lowest BCUT2D eigenvalue weighted by atomic mass is 9.94. The van der Waals surface area contributed by atoms with Crippen LogP contribution in [0.4, 0.5) is 0 Å².